The molecule has 1 heterocycles. The van der Waals surface area contributed by atoms with E-state index in [1.165, 1.54) is 25.7 Å². The first kappa shape index (κ1) is 16.0. The molecule has 0 aromatic rings. The van der Waals surface area contributed by atoms with Crippen molar-refractivity contribution in [3.05, 3.63) is 0 Å². The molecule has 2 unspecified atom stereocenters. The van der Waals surface area contributed by atoms with Crippen LogP contribution in [0.4, 0.5) is 0 Å². The number of nitrogens with one attached hydrogen (secondary N) is 1. The number of rotatable bonds is 8. The van der Waals surface area contributed by atoms with E-state index >= 15 is 0 Å². The Morgan fingerprint density at radius 3 is 2.74 bits per heavy atom. The molecule has 0 aromatic heterocycles. The van der Waals surface area contributed by atoms with Crippen molar-refractivity contribution in [1.82, 2.24) is 10.2 Å². The highest BCUT2D eigenvalue weighted by Crippen LogP contribution is 2.13. The molecular formula is C14H26N2O3. The highest BCUT2D eigenvalue weighted by Gasteiger charge is 2.31. The predicted octanol–water partition coefficient (Wildman–Crippen LogP) is 1.62. The van der Waals surface area contributed by atoms with Crippen LogP contribution >= 0.6 is 0 Å². The molecule has 1 aliphatic rings. The molecule has 1 amide bonds. The number of carboxylic acid groups (broad SMARTS) is 1. The van der Waals surface area contributed by atoms with Gasteiger partial charge in [0, 0.05) is 12.6 Å². The predicted molar refractivity (Wildman–Crippen MR) is 74.0 cm³/mol. The van der Waals surface area contributed by atoms with Crippen molar-refractivity contribution < 1.29 is 14.7 Å². The molecular weight excluding hydrogens is 244 g/mol. The number of unbranched alkanes of at least 4 members (excludes halogenated alkanes) is 4. The molecule has 1 fully saturated rings. The highest BCUT2D eigenvalue weighted by atomic mass is 16.4. The quantitative estimate of drug-likeness (QED) is 0.658. The number of aliphatic carboxylic acids is 1. The minimum Gasteiger partial charge on any atom is -0.480 e. The van der Waals surface area contributed by atoms with E-state index in [-0.39, 0.29) is 11.9 Å². The summed E-state index contributed by atoms with van der Waals surface area (Å²) in [6.07, 6.45) is 7.19. The molecule has 1 rings (SSSR count). The molecule has 1 aliphatic heterocycles. The molecule has 0 bridgehead atoms. The van der Waals surface area contributed by atoms with Gasteiger partial charge in [0.15, 0.2) is 0 Å². The van der Waals surface area contributed by atoms with Gasteiger partial charge in [0.2, 0.25) is 5.91 Å². The average Bonchev–Trinajstić information content (AvgIpc) is 2.37. The van der Waals surface area contributed by atoms with Crippen LogP contribution in [-0.2, 0) is 9.59 Å². The van der Waals surface area contributed by atoms with Crippen molar-refractivity contribution in [1.29, 1.82) is 0 Å². The number of carboxylic acids is 1. The largest absolute Gasteiger partial charge is 0.480 e. The monoisotopic (exact) mass is 270 g/mol. The second-order valence-electron chi connectivity index (χ2n) is 5.44. The summed E-state index contributed by atoms with van der Waals surface area (Å²) in [7, 11) is 0. The van der Waals surface area contributed by atoms with Gasteiger partial charge in [-0.2, -0.15) is 0 Å². The topological polar surface area (TPSA) is 69.6 Å². The van der Waals surface area contributed by atoms with Gasteiger partial charge in [-0.3, -0.25) is 9.69 Å². The van der Waals surface area contributed by atoms with Crippen molar-refractivity contribution in [2.24, 2.45) is 0 Å². The van der Waals surface area contributed by atoms with Crippen LogP contribution in [0.2, 0.25) is 0 Å². The van der Waals surface area contributed by atoms with Gasteiger partial charge in [0.1, 0.15) is 6.04 Å². The van der Waals surface area contributed by atoms with Crippen molar-refractivity contribution in [2.45, 2.75) is 64.5 Å². The van der Waals surface area contributed by atoms with Crippen LogP contribution in [0.25, 0.3) is 0 Å². The molecule has 2 atom stereocenters. The van der Waals surface area contributed by atoms with Crippen LogP contribution in [0.1, 0.15) is 52.4 Å². The molecule has 0 spiro atoms. The summed E-state index contributed by atoms with van der Waals surface area (Å²) >= 11 is 0. The molecule has 110 valence electrons. The fourth-order valence-corrected chi connectivity index (χ4v) is 2.47. The Kier molecular flexibility index (Phi) is 6.84. The minimum atomic E-state index is -0.951. The average molecular weight is 270 g/mol. The number of hydrogen-bond donors (Lipinski definition) is 2. The van der Waals surface area contributed by atoms with Gasteiger partial charge in [-0.1, -0.05) is 39.0 Å². The molecule has 0 saturated carbocycles. The third kappa shape index (κ3) is 5.59. The van der Waals surface area contributed by atoms with Crippen LogP contribution in [0.5, 0.6) is 0 Å². The fourth-order valence-electron chi connectivity index (χ4n) is 2.47. The molecule has 2 N–H and O–H groups in total. The fraction of sp³-hybridized carbons (Fsp3) is 0.857. The van der Waals surface area contributed by atoms with E-state index in [9.17, 15) is 9.59 Å². The van der Waals surface area contributed by atoms with E-state index in [1.54, 1.807) is 0 Å². The third-order valence-electron chi connectivity index (χ3n) is 3.75. The molecule has 1 saturated heterocycles. The molecule has 0 radical (unpaired) electrons. The van der Waals surface area contributed by atoms with E-state index in [1.807, 2.05) is 4.90 Å². The molecule has 5 heteroatoms. The van der Waals surface area contributed by atoms with Gasteiger partial charge >= 0.3 is 5.97 Å². The Morgan fingerprint density at radius 1 is 1.42 bits per heavy atom. The smallest absolute Gasteiger partial charge is 0.327 e. The summed E-state index contributed by atoms with van der Waals surface area (Å²) in [5.41, 5.74) is 0. The number of carbonyl (C=O) groups excluding carboxylic acids is 1. The van der Waals surface area contributed by atoms with E-state index < -0.39 is 12.0 Å². The zero-order valence-corrected chi connectivity index (χ0v) is 12.0. The first-order valence-corrected chi connectivity index (χ1v) is 7.30. The molecule has 19 heavy (non-hydrogen) atoms. The van der Waals surface area contributed by atoms with Crippen LogP contribution in [0, 0.1) is 0 Å². The van der Waals surface area contributed by atoms with Crippen molar-refractivity contribution >= 4 is 11.9 Å². The maximum Gasteiger partial charge on any atom is 0.327 e. The summed E-state index contributed by atoms with van der Waals surface area (Å²) in [6, 6.07) is -0.488. The van der Waals surface area contributed by atoms with Gasteiger partial charge in [0.05, 0.1) is 6.54 Å². The summed E-state index contributed by atoms with van der Waals surface area (Å²) in [5, 5.41) is 11.5. The Labute approximate surface area is 115 Å². The number of piperazine rings is 1. The van der Waals surface area contributed by atoms with Gasteiger partial charge in [-0.25, -0.2) is 4.79 Å². The second kappa shape index (κ2) is 8.15. The Bertz CT molecular complexity index is 307. The van der Waals surface area contributed by atoms with Crippen LogP contribution in [0.15, 0.2) is 0 Å². The van der Waals surface area contributed by atoms with Gasteiger partial charge in [0.25, 0.3) is 0 Å². The zero-order chi connectivity index (χ0) is 14.3. The summed E-state index contributed by atoms with van der Waals surface area (Å²) in [5.74, 6) is -1.13. The van der Waals surface area contributed by atoms with Gasteiger partial charge in [-0.05, 0) is 13.3 Å². The lowest BCUT2D eigenvalue weighted by molar-refractivity contribution is -0.145. The number of amides is 1. The third-order valence-corrected chi connectivity index (χ3v) is 3.75. The van der Waals surface area contributed by atoms with Crippen molar-refractivity contribution in [2.75, 3.05) is 13.1 Å². The van der Waals surface area contributed by atoms with Crippen LogP contribution in [0.3, 0.4) is 0 Å². The zero-order valence-electron chi connectivity index (χ0n) is 12.0. The van der Waals surface area contributed by atoms with Crippen molar-refractivity contribution in [3.63, 3.8) is 0 Å². The van der Waals surface area contributed by atoms with Gasteiger partial charge in [-0.15, -0.1) is 0 Å². The lowest BCUT2D eigenvalue weighted by Crippen LogP contribution is -2.59. The lowest BCUT2D eigenvalue weighted by Gasteiger charge is -2.35. The minimum absolute atomic E-state index is 0.184. The van der Waals surface area contributed by atoms with E-state index in [0.717, 1.165) is 12.8 Å². The van der Waals surface area contributed by atoms with Crippen LogP contribution < -0.4 is 5.32 Å². The summed E-state index contributed by atoms with van der Waals surface area (Å²) in [4.78, 5) is 24.4. The van der Waals surface area contributed by atoms with Crippen molar-refractivity contribution in [3.8, 4) is 0 Å². The highest BCUT2D eigenvalue weighted by molar-refractivity contribution is 5.86. The normalized spacial score (nSPS) is 22.0. The summed E-state index contributed by atoms with van der Waals surface area (Å²) < 4.78 is 0. The second-order valence-corrected chi connectivity index (χ2v) is 5.44. The first-order chi connectivity index (χ1) is 9.04. The van der Waals surface area contributed by atoms with E-state index in [0.29, 0.717) is 13.1 Å². The molecule has 0 aliphatic carbocycles. The van der Waals surface area contributed by atoms with Gasteiger partial charge < -0.3 is 10.4 Å². The number of carbonyl (C=O) groups is 2. The lowest BCUT2D eigenvalue weighted by atomic mass is 10.0. The maximum atomic E-state index is 11.5. The maximum absolute atomic E-state index is 11.5. The first-order valence-electron chi connectivity index (χ1n) is 7.30. The SMILES string of the molecule is CCCCCCCC(C)N1CC(=O)NC(C(=O)O)C1. The molecule has 5 nitrogen and oxygen atoms in total. The van der Waals surface area contributed by atoms with Crippen LogP contribution in [-0.4, -0.2) is 47.1 Å². The number of hydrogen-bond acceptors (Lipinski definition) is 3. The van der Waals surface area contributed by atoms with E-state index in [4.69, 9.17) is 5.11 Å². The standard InChI is InChI=1S/C14H26N2O3/c1-3-4-5-6-7-8-11(2)16-9-12(14(18)19)15-13(17)10-16/h11-12H,3-10H2,1-2H3,(H,15,17)(H,18,19). The molecule has 0 aromatic carbocycles. The van der Waals surface area contributed by atoms with E-state index in [2.05, 4.69) is 19.2 Å². The Morgan fingerprint density at radius 2 is 2.11 bits per heavy atom. The Hall–Kier alpha value is -1.10. The summed E-state index contributed by atoms with van der Waals surface area (Å²) in [6.45, 7) is 5.01. The Balaban J connectivity index is 2.32. The number of nitrogens with zero attached hydrogens (tertiary/aromatic N) is 1.